The van der Waals surface area contributed by atoms with Crippen molar-refractivity contribution in [1.82, 2.24) is 9.80 Å². The first-order valence-electron chi connectivity index (χ1n) is 10.2. The molecule has 0 unspecified atom stereocenters. The number of hydrogen-bond donors (Lipinski definition) is 0. The topological polar surface area (TPSA) is 43.9 Å². The highest BCUT2D eigenvalue weighted by atomic mass is 32.2. The Labute approximate surface area is 176 Å². The minimum Gasteiger partial charge on any atom is -0.340 e. The number of carbonyl (C=O) groups is 2. The van der Waals surface area contributed by atoms with Gasteiger partial charge in [0.15, 0.2) is 0 Å². The zero-order valence-corrected chi connectivity index (χ0v) is 17.7. The number of nitrogens with zero attached hydrogens (tertiary/aromatic N) is 3. The van der Waals surface area contributed by atoms with Gasteiger partial charge in [0, 0.05) is 50.6 Å². The van der Waals surface area contributed by atoms with Gasteiger partial charge in [0.05, 0.1) is 11.4 Å². The number of hydrogen-bond acceptors (Lipinski definition) is 4. The van der Waals surface area contributed by atoms with Crippen LogP contribution in [0.3, 0.4) is 0 Å². The van der Waals surface area contributed by atoms with E-state index in [1.165, 1.54) is 11.1 Å². The maximum Gasteiger partial charge on any atom is 0.237 e. The molecule has 0 spiro atoms. The van der Waals surface area contributed by atoms with Crippen LogP contribution in [0.5, 0.6) is 0 Å². The van der Waals surface area contributed by atoms with E-state index in [4.69, 9.17) is 0 Å². The monoisotopic (exact) mass is 409 g/mol. The van der Waals surface area contributed by atoms with E-state index in [1.807, 2.05) is 29.2 Å². The van der Waals surface area contributed by atoms with Gasteiger partial charge in [-0.1, -0.05) is 36.4 Å². The van der Waals surface area contributed by atoms with Crippen molar-refractivity contribution < 1.29 is 9.59 Å². The van der Waals surface area contributed by atoms with Crippen molar-refractivity contribution >= 4 is 29.3 Å². The summed E-state index contributed by atoms with van der Waals surface area (Å²) in [4.78, 5) is 32.4. The third-order valence-electron chi connectivity index (χ3n) is 5.74. The summed E-state index contributed by atoms with van der Waals surface area (Å²) < 4.78 is 0. The summed E-state index contributed by atoms with van der Waals surface area (Å²) in [6.07, 6.45) is 0.378. The van der Waals surface area contributed by atoms with Gasteiger partial charge in [-0.2, -0.15) is 0 Å². The second-order valence-electron chi connectivity index (χ2n) is 7.64. The Balaban J connectivity index is 1.28. The second-order valence-corrected chi connectivity index (χ2v) is 8.65. The summed E-state index contributed by atoms with van der Waals surface area (Å²) in [5.41, 5.74) is 3.60. The molecule has 1 fully saturated rings. The highest BCUT2D eigenvalue weighted by molar-refractivity contribution is 8.00. The molecule has 0 aromatic heterocycles. The lowest BCUT2D eigenvalue weighted by molar-refractivity contribution is -0.132. The molecule has 1 saturated heterocycles. The predicted molar refractivity (Wildman–Crippen MR) is 117 cm³/mol. The van der Waals surface area contributed by atoms with Crippen molar-refractivity contribution in [1.29, 1.82) is 0 Å². The minimum atomic E-state index is 0.0875. The Bertz CT molecular complexity index is 893. The summed E-state index contributed by atoms with van der Waals surface area (Å²) in [7, 11) is 0. The molecular weight excluding hydrogens is 382 g/mol. The third kappa shape index (κ3) is 4.65. The fourth-order valence-electron chi connectivity index (χ4n) is 3.95. The summed E-state index contributed by atoms with van der Waals surface area (Å²) in [5.74, 6) is 0.677. The summed E-state index contributed by atoms with van der Waals surface area (Å²) >= 11 is 1.57. The summed E-state index contributed by atoms with van der Waals surface area (Å²) in [5, 5.41) is 0. The number of anilines is 1. The molecular formula is C23H27N3O2S. The molecule has 2 aromatic carbocycles. The number of thioether (sulfide) groups is 1. The Morgan fingerprint density at radius 3 is 2.52 bits per heavy atom. The summed E-state index contributed by atoms with van der Waals surface area (Å²) in [6.45, 7) is 6.83. The van der Waals surface area contributed by atoms with Crippen LogP contribution in [0.1, 0.15) is 17.5 Å². The molecule has 0 atom stereocenters. The van der Waals surface area contributed by atoms with Crippen LogP contribution >= 0.6 is 11.8 Å². The van der Waals surface area contributed by atoms with E-state index in [0.717, 1.165) is 43.3 Å². The lowest BCUT2D eigenvalue weighted by Gasteiger charge is -2.35. The predicted octanol–water partition coefficient (Wildman–Crippen LogP) is 3.17. The van der Waals surface area contributed by atoms with E-state index in [1.54, 1.807) is 16.7 Å². The lowest BCUT2D eigenvalue weighted by atomic mass is 10.1. The molecule has 2 aliphatic rings. The number of carbonyl (C=O) groups excluding carboxylic acids is 2. The number of benzene rings is 2. The van der Waals surface area contributed by atoms with Gasteiger partial charge in [0.25, 0.3) is 0 Å². The molecule has 0 N–H and O–H groups in total. The highest BCUT2D eigenvalue weighted by Crippen LogP contribution is 2.34. The third-order valence-corrected chi connectivity index (χ3v) is 6.79. The van der Waals surface area contributed by atoms with Gasteiger partial charge < -0.3 is 9.80 Å². The zero-order valence-electron chi connectivity index (χ0n) is 16.8. The smallest absolute Gasteiger partial charge is 0.237 e. The molecule has 2 heterocycles. The molecule has 5 nitrogen and oxygen atoms in total. The minimum absolute atomic E-state index is 0.0875. The largest absolute Gasteiger partial charge is 0.340 e. The van der Waals surface area contributed by atoms with Crippen LogP contribution in [0.15, 0.2) is 53.4 Å². The maximum absolute atomic E-state index is 12.7. The number of aryl methyl sites for hydroxylation is 1. The van der Waals surface area contributed by atoms with Crippen molar-refractivity contribution in [2.24, 2.45) is 0 Å². The molecule has 0 radical (unpaired) electrons. The zero-order chi connectivity index (χ0) is 20.2. The van der Waals surface area contributed by atoms with Crippen LogP contribution in [0.25, 0.3) is 0 Å². The van der Waals surface area contributed by atoms with Gasteiger partial charge >= 0.3 is 0 Å². The van der Waals surface area contributed by atoms with Crippen LogP contribution in [0.4, 0.5) is 5.69 Å². The first-order chi connectivity index (χ1) is 14.1. The van der Waals surface area contributed by atoms with Gasteiger partial charge in [-0.15, -0.1) is 11.8 Å². The molecule has 0 saturated carbocycles. The molecule has 6 heteroatoms. The molecule has 0 bridgehead atoms. The Morgan fingerprint density at radius 2 is 1.72 bits per heavy atom. The Kier molecular flexibility index (Phi) is 6.21. The van der Waals surface area contributed by atoms with Crippen LogP contribution in [-0.4, -0.2) is 60.1 Å². The fourth-order valence-corrected chi connectivity index (χ4v) is 4.88. The van der Waals surface area contributed by atoms with E-state index in [2.05, 4.69) is 36.1 Å². The van der Waals surface area contributed by atoms with Crippen LogP contribution in [0, 0.1) is 6.92 Å². The van der Waals surface area contributed by atoms with E-state index in [0.29, 0.717) is 18.7 Å². The standard InChI is InChI=1S/C23H27N3O2S/c1-18-6-2-3-7-19(18)16-24-12-14-25(15-13-24)22(27)10-11-26-20-8-4-5-9-21(20)29-17-23(26)28/h2-9H,10-17H2,1H3. The number of piperazine rings is 1. The van der Waals surface area contributed by atoms with Crippen molar-refractivity contribution in [2.45, 2.75) is 24.8 Å². The number of amides is 2. The SMILES string of the molecule is Cc1ccccc1CN1CCN(C(=O)CCN2C(=O)CSc3ccccc32)CC1. The first-order valence-corrected chi connectivity index (χ1v) is 11.2. The van der Waals surface area contributed by atoms with Crippen molar-refractivity contribution in [2.75, 3.05) is 43.4 Å². The number of fused-ring (bicyclic) bond motifs is 1. The normalized spacial score (nSPS) is 17.3. The van der Waals surface area contributed by atoms with Gasteiger partial charge in [0.1, 0.15) is 0 Å². The Hall–Kier alpha value is -2.31. The molecule has 29 heavy (non-hydrogen) atoms. The van der Waals surface area contributed by atoms with Crippen LogP contribution in [0.2, 0.25) is 0 Å². The summed E-state index contributed by atoms with van der Waals surface area (Å²) in [6, 6.07) is 16.4. The lowest BCUT2D eigenvalue weighted by Crippen LogP contribution is -2.49. The van der Waals surface area contributed by atoms with E-state index < -0.39 is 0 Å². The average Bonchev–Trinajstić information content (AvgIpc) is 2.75. The molecule has 2 amide bonds. The highest BCUT2D eigenvalue weighted by Gasteiger charge is 2.26. The van der Waals surface area contributed by atoms with E-state index >= 15 is 0 Å². The van der Waals surface area contributed by atoms with Crippen LogP contribution < -0.4 is 4.90 Å². The molecule has 4 rings (SSSR count). The molecule has 152 valence electrons. The first kappa shape index (κ1) is 20.0. The van der Waals surface area contributed by atoms with Gasteiger partial charge in [-0.05, 0) is 30.2 Å². The van der Waals surface area contributed by atoms with Gasteiger partial charge in [-0.25, -0.2) is 0 Å². The number of rotatable bonds is 5. The molecule has 0 aliphatic carbocycles. The average molecular weight is 410 g/mol. The van der Waals surface area contributed by atoms with Gasteiger partial charge in [-0.3, -0.25) is 14.5 Å². The van der Waals surface area contributed by atoms with Crippen molar-refractivity contribution in [3.63, 3.8) is 0 Å². The van der Waals surface area contributed by atoms with Crippen molar-refractivity contribution in [3.8, 4) is 0 Å². The Morgan fingerprint density at radius 1 is 1.00 bits per heavy atom. The fraction of sp³-hybridized carbons (Fsp3) is 0.391. The van der Waals surface area contributed by atoms with E-state index in [9.17, 15) is 9.59 Å². The van der Waals surface area contributed by atoms with Gasteiger partial charge in [0.2, 0.25) is 11.8 Å². The maximum atomic E-state index is 12.7. The second kappa shape index (κ2) is 9.01. The van der Waals surface area contributed by atoms with E-state index in [-0.39, 0.29) is 11.8 Å². The van der Waals surface area contributed by atoms with Crippen LogP contribution in [-0.2, 0) is 16.1 Å². The van der Waals surface area contributed by atoms with Crippen molar-refractivity contribution in [3.05, 3.63) is 59.7 Å². The molecule has 2 aliphatic heterocycles. The number of para-hydroxylation sites is 1. The molecule has 2 aromatic rings. The quantitative estimate of drug-likeness (QED) is 0.761.